The number of ether oxygens (including phenoxy) is 1. The number of carbonyl (C=O) groups is 1. The predicted octanol–water partition coefficient (Wildman–Crippen LogP) is 8.95. The van der Waals surface area contributed by atoms with E-state index in [2.05, 4.69) is 6.92 Å². The molecule has 2 saturated carbocycles. The van der Waals surface area contributed by atoms with Gasteiger partial charge in [-0.05, 0) is 86.1 Å². The summed E-state index contributed by atoms with van der Waals surface area (Å²) in [7, 11) is 0. The summed E-state index contributed by atoms with van der Waals surface area (Å²) in [5, 5.41) is 0. The normalized spacial score (nSPS) is 24.5. The fourth-order valence-corrected chi connectivity index (χ4v) is 6.15. The van der Waals surface area contributed by atoms with Gasteiger partial charge in [0.2, 0.25) is 0 Å². The molecule has 4 rings (SSSR count). The van der Waals surface area contributed by atoms with Gasteiger partial charge in [-0.15, -0.1) is 0 Å². The second kappa shape index (κ2) is 12.2. The lowest BCUT2D eigenvalue weighted by molar-refractivity contribution is -0.140. The monoisotopic (exact) mass is 504 g/mol. The van der Waals surface area contributed by atoms with Gasteiger partial charge in [-0.3, -0.25) is 4.79 Å². The Labute approximate surface area is 211 Å². The van der Waals surface area contributed by atoms with Crippen molar-refractivity contribution in [2.24, 2.45) is 23.7 Å². The van der Waals surface area contributed by atoms with Crippen LogP contribution in [0.1, 0.15) is 83.1 Å². The lowest BCUT2D eigenvalue weighted by Crippen LogP contribution is -2.30. The maximum absolute atomic E-state index is 14.7. The SMILES string of the molecule is CCCCC1CCC(C2CCC(C(=O)Oc3ccc(-c4cc(F)c(CF)c(F)c4)c(F)c3)CC2)CC1. The highest BCUT2D eigenvalue weighted by Gasteiger charge is 2.33. The zero-order chi connectivity index (χ0) is 25.7. The van der Waals surface area contributed by atoms with E-state index < -0.39 is 29.7 Å². The predicted molar refractivity (Wildman–Crippen MR) is 133 cm³/mol. The Kier molecular flexibility index (Phi) is 9.08. The van der Waals surface area contributed by atoms with Crippen LogP contribution in [0.5, 0.6) is 5.75 Å². The Morgan fingerprint density at radius 1 is 0.861 bits per heavy atom. The number of hydrogen-bond donors (Lipinski definition) is 0. The number of halogens is 4. The number of unbranched alkanes of at least 4 members (excludes halogenated alkanes) is 1. The van der Waals surface area contributed by atoms with Crippen molar-refractivity contribution in [3.8, 4) is 16.9 Å². The minimum absolute atomic E-state index is 0.0460. The topological polar surface area (TPSA) is 26.3 Å². The van der Waals surface area contributed by atoms with Crippen LogP contribution < -0.4 is 4.74 Å². The van der Waals surface area contributed by atoms with E-state index in [-0.39, 0.29) is 28.8 Å². The van der Waals surface area contributed by atoms with Crippen LogP contribution in [0, 0.1) is 41.1 Å². The first-order valence-electron chi connectivity index (χ1n) is 13.4. The molecule has 0 radical (unpaired) electrons. The van der Waals surface area contributed by atoms with E-state index in [1.54, 1.807) is 0 Å². The standard InChI is InChI=1S/C30H36F4O2/c1-2-3-4-19-5-7-20(8-6-19)21-9-11-22(12-10-21)30(35)36-24-13-14-25(29(34)17-24)23-15-27(32)26(18-31)28(33)16-23/h13-17,19-22H,2-12,18H2,1H3. The van der Waals surface area contributed by atoms with Crippen LogP contribution >= 0.6 is 0 Å². The summed E-state index contributed by atoms with van der Waals surface area (Å²) in [6.07, 6.45) is 12.9. The Bertz CT molecular complexity index is 1010. The molecule has 0 unspecified atom stereocenters. The minimum Gasteiger partial charge on any atom is -0.426 e. The van der Waals surface area contributed by atoms with Crippen LogP contribution in [0.3, 0.4) is 0 Å². The molecule has 2 aromatic carbocycles. The first-order chi connectivity index (χ1) is 17.4. The second-order valence-electron chi connectivity index (χ2n) is 10.6. The van der Waals surface area contributed by atoms with Crippen molar-refractivity contribution in [2.45, 2.75) is 84.2 Å². The Morgan fingerprint density at radius 2 is 1.47 bits per heavy atom. The molecule has 2 aliphatic carbocycles. The summed E-state index contributed by atoms with van der Waals surface area (Å²) in [6, 6.07) is 5.58. The molecule has 0 saturated heterocycles. The Hall–Kier alpha value is -2.37. The van der Waals surface area contributed by atoms with Gasteiger partial charge in [0.05, 0.1) is 11.5 Å². The van der Waals surface area contributed by atoms with Gasteiger partial charge in [-0.25, -0.2) is 17.6 Å². The van der Waals surface area contributed by atoms with Crippen LogP contribution in [0.15, 0.2) is 30.3 Å². The molecule has 0 aliphatic heterocycles. The summed E-state index contributed by atoms with van der Waals surface area (Å²) >= 11 is 0. The molecule has 2 fully saturated rings. The van der Waals surface area contributed by atoms with Crippen molar-refractivity contribution >= 4 is 5.97 Å². The Balaban J connectivity index is 1.29. The fourth-order valence-electron chi connectivity index (χ4n) is 6.15. The molecule has 0 atom stereocenters. The second-order valence-corrected chi connectivity index (χ2v) is 10.6. The average Bonchev–Trinajstić information content (AvgIpc) is 2.88. The summed E-state index contributed by atoms with van der Waals surface area (Å²) < 4.78 is 60.8. The lowest BCUT2D eigenvalue weighted by atomic mass is 9.68. The summed E-state index contributed by atoms with van der Waals surface area (Å²) in [5.74, 6) is -1.04. The third kappa shape index (κ3) is 6.30. The zero-order valence-electron chi connectivity index (χ0n) is 21.0. The number of carbonyl (C=O) groups excluding carboxylic acids is 1. The van der Waals surface area contributed by atoms with Gasteiger partial charge in [0.15, 0.2) is 0 Å². The van der Waals surface area contributed by atoms with Crippen molar-refractivity contribution in [3.05, 3.63) is 53.3 Å². The van der Waals surface area contributed by atoms with Crippen molar-refractivity contribution in [2.75, 3.05) is 0 Å². The third-order valence-corrected chi connectivity index (χ3v) is 8.37. The summed E-state index contributed by atoms with van der Waals surface area (Å²) in [6.45, 7) is 0.971. The third-order valence-electron chi connectivity index (χ3n) is 8.37. The first-order valence-corrected chi connectivity index (χ1v) is 13.4. The van der Waals surface area contributed by atoms with Gasteiger partial charge in [0.25, 0.3) is 0 Å². The number of alkyl halides is 1. The molecule has 196 valence electrons. The van der Waals surface area contributed by atoms with Crippen LogP contribution in [-0.4, -0.2) is 5.97 Å². The minimum atomic E-state index is -1.28. The number of rotatable bonds is 8. The summed E-state index contributed by atoms with van der Waals surface area (Å²) in [5.41, 5.74) is -0.780. The molecule has 2 aromatic rings. The van der Waals surface area contributed by atoms with Gasteiger partial charge in [-0.2, -0.15) is 0 Å². The highest BCUT2D eigenvalue weighted by molar-refractivity contribution is 5.75. The van der Waals surface area contributed by atoms with Crippen LogP contribution in [0.2, 0.25) is 0 Å². The van der Waals surface area contributed by atoms with E-state index in [0.29, 0.717) is 5.92 Å². The van der Waals surface area contributed by atoms with E-state index in [1.165, 1.54) is 57.1 Å². The van der Waals surface area contributed by atoms with Crippen molar-refractivity contribution in [1.29, 1.82) is 0 Å². The van der Waals surface area contributed by atoms with E-state index in [9.17, 15) is 22.4 Å². The van der Waals surface area contributed by atoms with Crippen molar-refractivity contribution < 1.29 is 27.1 Å². The van der Waals surface area contributed by atoms with Gasteiger partial charge in [0, 0.05) is 11.6 Å². The molecule has 2 nitrogen and oxygen atoms in total. The van der Waals surface area contributed by atoms with Gasteiger partial charge >= 0.3 is 5.97 Å². The van der Waals surface area contributed by atoms with Crippen LogP contribution in [-0.2, 0) is 11.5 Å². The molecule has 0 amide bonds. The molecule has 0 heterocycles. The number of esters is 1. The van der Waals surface area contributed by atoms with Crippen LogP contribution in [0.4, 0.5) is 17.6 Å². The highest BCUT2D eigenvalue weighted by atomic mass is 19.1. The smallest absolute Gasteiger partial charge is 0.314 e. The molecule has 0 spiro atoms. The van der Waals surface area contributed by atoms with Gasteiger partial charge in [0.1, 0.15) is 29.9 Å². The number of benzene rings is 2. The maximum atomic E-state index is 14.7. The van der Waals surface area contributed by atoms with Crippen molar-refractivity contribution in [3.63, 3.8) is 0 Å². The molecular formula is C30H36F4O2. The van der Waals surface area contributed by atoms with Gasteiger partial charge < -0.3 is 4.74 Å². The zero-order valence-corrected chi connectivity index (χ0v) is 21.0. The first kappa shape index (κ1) is 26.7. The van der Waals surface area contributed by atoms with Gasteiger partial charge in [-0.1, -0.05) is 39.0 Å². The quantitative estimate of drug-likeness (QED) is 0.204. The molecular weight excluding hydrogens is 468 g/mol. The average molecular weight is 505 g/mol. The van der Waals surface area contributed by atoms with E-state index >= 15 is 0 Å². The number of hydrogen-bond acceptors (Lipinski definition) is 2. The molecule has 0 N–H and O–H groups in total. The Morgan fingerprint density at radius 3 is 2.03 bits per heavy atom. The van der Waals surface area contributed by atoms with E-state index in [0.717, 1.165) is 55.7 Å². The molecule has 0 aromatic heterocycles. The summed E-state index contributed by atoms with van der Waals surface area (Å²) in [4.78, 5) is 12.7. The maximum Gasteiger partial charge on any atom is 0.314 e. The van der Waals surface area contributed by atoms with E-state index in [1.807, 2.05) is 0 Å². The van der Waals surface area contributed by atoms with E-state index in [4.69, 9.17) is 4.74 Å². The molecule has 36 heavy (non-hydrogen) atoms. The fraction of sp³-hybridized carbons (Fsp3) is 0.567. The molecule has 6 heteroatoms. The van der Waals surface area contributed by atoms with Crippen molar-refractivity contribution in [1.82, 2.24) is 0 Å². The molecule has 0 bridgehead atoms. The largest absolute Gasteiger partial charge is 0.426 e. The highest BCUT2D eigenvalue weighted by Crippen LogP contribution is 2.42. The lowest BCUT2D eigenvalue weighted by Gasteiger charge is -2.37. The van der Waals surface area contributed by atoms with Crippen LogP contribution in [0.25, 0.3) is 11.1 Å². The molecule has 2 aliphatic rings.